The number of hydrogen-bond acceptors (Lipinski definition) is 3. The van der Waals surface area contributed by atoms with Crippen molar-refractivity contribution in [3.8, 4) is 0 Å². The van der Waals surface area contributed by atoms with E-state index in [4.69, 9.17) is 4.52 Å². The monoisotopic (exact) mass is 348 g/mol. The maximum Gasteiger partial charge on any atom is 0.191 e. The second-order valence-electron chi connectivity index (χ2n) is 6.53. The summed E-state index contributed by atoms with van der Waals surface area (Å²) in [4.78, 5) is 4.14. The molecule has 25 heavy (non-hydrogen) atoms. The van der Waals surface area contributed by atoms with Crippen LogP contribution in [0, 0.1) is 11.6 Å². The topological polar surface area (TPSA) is 62.5 Å². The van der Waals surface area contributed by atoms with Gasteiger partial charge in [0.2, 0.25) is 0 Å². The maximum atomic E-state index is 13.8. The molecule has 1 aromatic heterocycles. The van der Waals surface area contributed by atoms with Crippen molar-refractivity contribution in [2.75, 3.05) is 7.05 Å². The molecule has 1 saturated carbocycles. The third-order valence-electron chi connectivity index (χ3n) is 4.31. The minimum Gasteiger partial charge on any atom is -0.359 e. The number of hydrogen-bond donors (Lipinski definition) is 2. The highest BCUT2D eigenvalue weighted by molar-refractivity contribution is 5.80. The zero-order chi connectivity index (χ0) is 18.0. The molecule has 0 bridgehead atoms. The number of nitrogens with one attached hydrogen (secondary N) is 2. The molecule has 5 nitrogen and oxygen atoms in total. The SMILES string of the molecule is CN=C(NCc1cc(C(C)C)no1)NC1CC1c1c(F)cccc1F. The molecule has 1 aliphatic rings. The second kappa shape index (κ2) is 7.21. The van der Waals surface area contributed by atoms with E-state index in [-0.39, 0.29) is 17.5 Å². The van der Waals surface area contributed by atoms with Gasteiger partial charge in [0.05, 0.1) is 12.2 Å². The lowest BCUT2D eigenvalue weighted by Crippen LogP contribution is -2.38. The molecular formula is C18H22F2N4O. The Kier molecular flexibility index (Phi) is 5.01. The van der Waals surface area contributed by atoms with Gasteiger partial charge in [0, 0.05) is 30.6 Å². The molecule has 2 unspecified atom stereocenters. The number of nitrogens with zero attached hydrogens (tertiary/aromatic N) is 2. The van der Waals surface area contributed by atoms with Gasteiger partial charge in [0.15, 0.2) is 11.7 Å². The Morgan fingerprint density at radius 3 is 2.68 bits per heavy atom. The lowest BCUT2D eigenvalue weighted by atomic mass is 10.1. The van der Waals surface area contributed by atoms with Gasteiger partial charge in [-0.05, 0) is 24.5 Å². The van der Waals surface area contributed by atoms with Crippen LogP contribution in [0.4, 0.5) is 8.78 Å². The summed E-state index contributed by atoms with van der Waals surface area (Å²) in [6, 6.07) is 5.81. The first-order valence-electron chi connectivity index (χ1n) is 8.36. The maximum absolute atomic E-state index is 13.8. The molecule has 0 radical (unpaired) electrons. The van der Waals surface area contributed by atoms with E-state index < -0.39 is 11.6 Å². The van der Waals surface area contributed by atoms with Crippen LogP contribution in [-0.4, -0.2) is 24.2 Å². The fourth-order valence-electron chi connectivity index (χ4n) is 2.76. The molecular weight excluding hydrogens is 326 g/mol. The average molecular weight is 348 g/mol. The summed E-state index contributed by atoms with van der Waals surface area (Å²) >= 11 is 0. The molecule has 1 aromatic carbocycles. The van der Waals surface area contributed by atoms with E-state index in [2.05, 4.69) is 20.8 Å². The summed E-state index contributed by atoms with van der Waals surface area (Å²) < 4.78 is 32.9. The Morgan fingerprint density at radius 2 is 2.08 bits per heavy atom. The van der Waals surface area contributed by atoms with Gasteiger partial charge in [-0.1, -0.05) is 25.1 Å². The van der Waals surface area contributed by atoms with Crippen molar-refractivity contribution >= 4 is 5.96 Å². The Labute approximate surface area is 145 Å². The van der Waals surface area contributed by atoms with Gasteiger partial charge < -0.3 is 15.2 Å². The van der Waals surface area contributed by atoms with E-state index in [0.29, 0.717) is 30.6 Å². The summed E-state index contributed by atoms with van der Waals surface area (Å²) in [5, 5.41) is 10.3. The highest BCUT2D eigenvalue weighted by Crippen LogP contribution is 2.43. The first-order chi connectivity index (χ1) is 12.0. The minimum absolute atomic E-state index is 0.0430. The van der Waals surface area contributed by atoms with Crippen molar-refractivity contribution in [3.63, 3.8) is 0 Å². The lowest BCUT2D eigenvalue weighted by Gasteiger charge is -2.11. The highest BCUT2D eigenvalue weighted by Gasteiger charge is 2.42. The molecule has 134 valence electrons. The molecule has 0 spiro atoms. The van der Waals surface area contributed by atoms with Crippen LogP contribution in [0.3, 0.4) is 0 Å². The van der Waals surface area contributed by atoms with Crippen molar-refractivity contribution in [2.24, 2.45) is 4.99 Å². The molecule has 2 aromatic rings. The number of halogens is 2. The first kappa shape index (κ1) is 17.4. The van der Waals surface area contributed by atoms with E-state index >= 15 is 0 Å². The predicted octanol–water partition coefficient (Wildman–Crippen LogP) is 3.30. The van der Waals surface area contributed by atoms with Gasteiger partial charge in [-0.25, -0.2) is 8.78 Å². The van der Waals surface area contributed by atoms with Crippen molar-refractivity contribution in [2.45, 2.75) is 44.7 Å². The van der Waals surface area contributed by atoms with E-state index in [9.17, 15) is 8.78 Å². The van der Waals surface area contributed by atoms with Crippen LogP contribution < -0.4 is 10.6 Å². The van der Waals surface area contributed by atoms with Crippen LogP contribution in [-0.2, 0) is 6.54 Å². The summed E-state index contributed by atoms with van der Waals surface area (Å²) in [7, 11) is 1.65. The Balaban J connectivity index is 1.55. The van der Waals surface area contributed by atoms with Gasteiger partial charge in [0.1, 0.15) is 11.6 Å². The van der Waals surface area contributed by atoms with E-state index in [1.165, 1.54) is 18.2 Å². The normalized spacial score (nSPS) is 20.0. The number of aromatic nitrogens is 1. The number of aliphatic imine (C=N–C) groups is 1. The molecule has 0 aliphatic heterocycles. The Morgan fingerprint density at radius 1 is 1.36 bits per heavy atom. The van der Waals surface area contributed by atoms with Crippen molar-refractivity contribution in [3.05, 3.63) is 52.9 Å². The quantitative estimate of drug-likeness (QED) is 0.643. The molecule has 1 aliphatic carbocycles. The first-order valence-corrected chi connectivity index (χ1v) is 8.36. The molecule has 1 heterocycles. The number of guanidine groups is 1. The molecule has 0 saturated heterocycles. The molecule has 1 fully saturated rings. The molecule has 0 amide bonds. The minimum atomic E-state index is -0.500. The zero-order valence-corrected chi connectivity index (χ0v) is 14.5. The van der Waals surface area contributed by atoms with Gasteiger partial charge in [0.25, 0.3) is 0 Å². The fraction of sp³-hybridized carbons (Fsp3) is 0.444. The third-order valence-corrected chi connectivity index (χ3v) is 4.31. The van der Waals surface area contributed by atoms with Gasteiger partial charge in [-0.15, -0.1) is 0 Å². The van der Waals surface area contributed by atoms with Crippen LogP contribution in [0.1, 0.15) is 49.1 Å². The predicted molar refractivity (Wildman–Crippen MR) is 91.4 cm³/mol. The largest absolute Gasteiger partial charge is 0.359 e. The van der Waals surface area contributed by atoms with E-state index in [0.717, 1.165) is 5.69 Å². The van der Waals surface area contributed by atoms with Gasteiger partial charge in [-0.2, -0.15) is 0 Å². The highest BCUT2D eigenvalue weighted by atomic mass is 19.1. The van der Waals surface area contributed by atoms with Crippen molar-refractivity contribution in [1.29, 1.82) is 0 Å². The van der Waals surface area contributed by atoms with Crippen LogP contribution in [0.15, 0.2) is 33.8 Å². The smallest absolute Gasteiger partial charge is 0.191 e. The third kappa shape index (κ3) is 3.97. The van der Waals surface area contributed by atoms with Gasteiger partial charge in [-0.3, -0.25) is 4.99 Å². The molecule has 7 heteroatoms. The standard InChI is InChI=1S/C18H22F2N4O/c1-10(2)15-7-11(25-24-15)9-22-18(21-3)23-16-8-12(16)17-13(19)5-4-6-14(17)20/h4-7,10,12,16H,8-9H2,1-3H3,(H2,21,22,23). The van der Waals surface area contributed by atoms with Crippen LogP contribution in [0.2, 0.25) is 0 Å². The Bertz CT molecular complexity index is 752. The number of benzene rings is 1. The van der Waals surface area contributed by atoms with Crippen LogP contribution >= 0.6 is 0 Å². The van der Waals surface area contributed by atoms with Crippen LogP contribution in [0.25, 0.3) is 0 Å². The molecule has 3 rings (SSSR count). The lowest BCUT2D eigenvalue weighted by molar-refractivity contribution is 0.372. The van der Waals surface area contributed by atoms with Crippen LogP contribution in [0.5, 0.6) is 0 Å². The van der Waals surface area contributed by atoms with E-state index in [1.54, 1.807) is 7.05 Å². The zero-order valence-electron chi connectivity index (χ0n) is 14.5. The summed E-state index contributed by atoms with van der Waals surface area (Å²) in [5.74, 6) is 0.390. The number of rotatable bonds is 5. The summed E-state index contributed by atoms with van der Waals surface area (Å²) in [6.07, 6.45) is 0.665. The van der Waals surface area contributed by atoms with Gasteiger partial charge >= 0.3 is 0 Å². The van der Waals surface area contributed by atoms with E-state index in [1.807, 2.05) is 19.9 Å². The second-order valence-corrected chi connectivity index (χ2v) is 6.53. The fourth-order valence-corrected chi connectivity index (χ4v) is 2.76. The van der Waals surface area contributed by atoms with Crippen molar-refractivity contribution in [1.82, 2.24) is 15.8 Å². The molecule has 2 N–H and O–H groups in total. The summed E-state index contributed by atoms with van der Waals surface area (Å²) in [6.45, 7) is 4.53. The Hall–Kier alpha value is -2.44. The average Bonchev–Trinajstić information content (AvgIpc) is 3.14. The van der Waals surface area contributed by atoms with Crippen molar-refractivity contribution < 1.29 is 13.3 Å². The summed E-state index contributed by atoms with van der Waals surface area (Å²) in [5.41, 5.74) is 1.05. The molecule has 2 atom stereocenters.